The van der Waals surface area contributed by atoms with Gasteiger partial charge in [-0.15, -0.1) is 6.58 Å². The predicted molar refractivity (Wildman–Crippen MR) is 50.1 cm³/mol. The summed E-state index contributed by atoms with van der Waals surface area (Å²) in [5.74, 6) is 0. The molecule has 1 saturated heterocycles. The van der Waals surface area contributed by atoms with E-state index in [1.807, 2.05) is 6.08 Å². The number of aliphatic hydroxyl groups excluding tert-OH is 1. The SMILES string of the molecule is C=CCN1CCNC(CCO)C1. The van der Waals surface area contributed by atoms with E-state index in [0.717, 1.165) is 32.6 Å². The van der Waals surface area contributed by atoms with Crippen LogP contribution in [0.25, 0.3) is 0 Å². The summed E-state index contributed by atoms with van der Waals surface area (Å²) in [5, 5.41) is 12.1. The van der Waals surface area contributed by atoms with Gasteiger partial charge in [0.1, 0.15) is 0 Å². The Bertz CT molecular complexity index is 136. The van der Waals surface area contributed by atoms with Gasteiger partial charge >= 0.3 is 0 Å². The monoisotopic (exact) mass is 170 g/mol. The summed E-state index contributed by atoms with van der Waals surface area (Å²) in [5.41, 5.74) is 0. The number of aliphatic hydroxyl groups is 1. The Kier molecular flexibility index (Phi) is 4.29. The van der Waals surface area contributed by atoms with Gasteiger partial charge in [0.25, 0.3) is 0 Å². The fourth-order valence-corrected chi connectivity index (χ4v) is 1.59. The van der Waals surface area contributed by atoms with Gasteiger partial charge < -0.3 is 10.4 Å². The number of hydrogen-bond donors (Lipinski definition) is 2. The molecule has 3 heteroatoms. The lowest BCUT2D eigenvalue weighted by molar-refractivity contribution is 0.185. The number of nitrogens with one attached hydrogen (secondary N) is 1. The molecule has 1 rings (SSSR count). The normalized spacial score (nSPS) is 25.6. The zero-order chi connectivity index (χ0) is 8.81. The Morgan fingerprint density at radius 1 is 1.67 bits per heavy atom. The Morgan fingerprint density at radius 2 is 2.50 bits per heavy atom. The van der Waals surface area contributed by atoms with Crippen LogP contribution in [-0.4, -0.2) is 48.8 Å². The van der Waals surface area contributed by atoms with Crippen molar-refractivity contribution >= 4 is 0 Å². The molecular formula is C9H18N2O. The third-order valence-electron chi connectivity index (χ3n) is 2.20. The van der Waals surface area contributed by atoms with Gasteiger partial charge in [-0.05, 0) is 6.42 Å². The topological polar surface area (TPSA) is 35.5 Å². The van der Waals surface area contributed by atoms with E-state index in [0.29, 0.717) is 6.04 Å². The van der Waals surface area contributed by atoms with E-state index in [-0.39, 0.29) is 6.61 Å². The molecule has 0 aromatic heterocycles. The molecule has 0 saturated carbocycles. The van der Waals surface area contributed by atoms with Crippen LogP contribution in [0.1, 0.15) is 6.42 Å². The van der Waals surface area contributed by atoms with Gasteiger partial charge in [-0.1, -0.05) is 6.08 Å². The molecule has 1 aliphatic rings. The maximum atomic E-state index is 8.76. The molecular weight excluding hydrogens is 152 g/mol. The lowest BCUT2D eigenvalue weighted by Gasteiger charge is -2.32. The first kappa shape index (κ1) is 9.71. The van der Waals surface area contributed by atoms with Crippen molar-refractivity contribution in [2.24, 2.45) is 0 Å². The molecule has 0 spiro atoms. The molecule has 0 bridgehead atoms. The summed E-state index contributed by atoms with van der Waals surface area (Å²) >= 11 is 0. The van der Waals surface area contributed by atoms with Crippen molar-refractivity contribution in [1.29, 1.82) is 0 Å². The van der Waals surface area contributed by atoms with Gasteiger partial charge in [-0.25, -0.2) is 0 Å². The van der Waals surface area contributed by atoms with Crippen LogP contribution in [0, 0.1) is 0 Å². The van der Waals surface area contributed by atoms with E-state index in [4.69, 9.17) is 5.11 Å². The zero-order valence-corrected chi connectivity index (χ0v) is 7.50. The Morgan fingerprint density at radius 3 is 3.17 bits per heavy atom. The highest BCUT2D eigenvalue weighted by atomic mass is 16.3. The summed E-state index contributed by atoms with van der Waals surface area (Å²) in [4.78, 5) is 2.35. The molecule has 1 fully saturated rings. The number of nitrogens with zero attached hydrogens (tertiary/aromatic N) is 1. The van der Waals surface area contributed by atoms with Crippen molar-refractivity contribution in [3.05, 3.63) is 12.7 Å². The van der Waals surface area contributed by atoms with Crippen molar-refractivity contribution in [2.45, 2.75) is 12.5 Å². The van der Waals surface area contributed by atoms with E-state index >= 15 is 0 Å². The summed E-state index contributed by atoms with van der Waals surface area (Å²) < 4.78 is 0. The summed E-state index contributed by atoms with van der Waals surface area (Å²) in [6, 6.07) is 0.462. The van der Waals surface area contributed by atoms with Crippen LogP contribution in [0.5, 0.6) is 0 Å². The highest BCUT2D eigenvalue weighted by Gasteiger charge is 2.16. The smallest absolute Gasteiger partial charge is 0.0446 e. The second-order valence-corrected chi connectivity index (χ2v) is 3.21. The van der Waals surface area contributed by atoms with Crippen LogP contribution in [0.3, 0.4) is 0 Å². The molecule has 0 radical (unpaired) electrons. The van der Waals surface area contributed by atoms with Crippen molar-refractivity contribution in [1.82, 2.24) is 10.2 Å². The molecule has 0 aliphatic carbocycles. The molecule has 1 aliphatic heterocycles. The van der Waals surface area contributed by atoms with E-state index in [1.54, 1.807) is 0 Å². The first-order chi connectivity index (χ1) is 5.86. The minimum atomic E-state index is 0.277. The summed E-state index contributed by atoms with van der Waals surface area (Å²) in [6.07, 6.45) is 2.79. The van der Waals surface area contributed by atoms with Crippen LogP contribution in [0.15, 0.2) is 12.7 Å². The van der Waals surface area contributed by atoms with Gasteiger partial charge in [0.2, 0.25) is 0 Å². The lowest BCUT2D eigenvalue weighted by atomic mass is 10.1. The van der Waals surface area contributed by atoms with E-state index in [2.05, 4.69) is 16.8 Å². The molecule has 1 atom stereocenters. The lowest BCUT2D eigenvalue weighted by Crippen LogP contribution is -2.50. The van der Waals surface area contributed by atoms with Crippen LogP contribution < -0.4 is 5.32 Å². The Balaban J connectivity index is 2.24. The van der Waals surface area contributed by atoms with Crippen LogP contribution >= 0.6 is 0 Å². The second kappa shape index (κ2) is 5.30. The molecule has 0 aromatic rings. The van der Waals surface area contributed by atoms with E-state index in [1.165, 1.54) is 0 Å². The van der Waals surface area contributed by atoms with Gasteiger partial charge in [-0.2, -0.15) is 0 Å². The third-order valence-corrected chi connectivity index (χ3v) is 2.20. The largest absolute Gasteiger partial charge is 0.396 e. The van der Waals surface area contributed by atoms with Crippen LogP contribution in [0.2, 0.25) is 0 Å². The minimum Gasteiger partial charge on any atom is -0.396 e. The molecule has 12 heavy (non-hydrogen) atoms. The van der Waals surface area contributed by atoms with Crippen molar-refractivity contribution < 1.29 is 5.11 Å². The molecule has 2 N–H and O–H groups in total. The predicted octanol–water partition coefficient (Wildman–Crippen LogP) is -0.171. The number of rotatable bonds is 4. The van der Waals surface area contributed by atoms with Crippen LogP contribution in [0.4, 0.5) is 0 Å². The van der Waals surface area contributed by atoms with Crippen LogP contribution in [-0.2, 0) is 0 Å². The maximum Gasteiger partial charge on any atom is 0.0446 e. The summed E-state index contributed by atoms with van der Waals surface area (Å²) in [7, 11) is 0. The van der Waals surface area contributed by atoms with Crippen molar-refractivity contribution in [3.8, 4) is 0 Å². The van der Waals surface area contributed by atoms with Gasteiger partial charge in [0.15, 0.2) is 0 Å². The Hall–Kier alpha value is -0.380. The fraction of sp³-hybridized carbons (Fsp3) is 0.778. The highest BCUT2D eigenvalue weighted by Crippen LogP contribution is 2.01. The quantitative estimate of drug-likeness (QED) is 0.575. The van der Waals surface area contributed by atoms with Gasteiger partial charge in [0, 0.05) is 38.8 Å². The average molecular weight is 170 g/mol. The number of hydrogen-bond acceptors (Lipinski definition) is 3. The minimum absolute atomic E-state index is 0.277. The number of piperazine rings is 1. The standard InChI is InChI=1S/C9H18N2O/c1-2-5-11-6-4-10-9(8-11)3-7-12/h2,9-10,12H,1,3-8H2. The van der Waals surface area contributed by atoms with Crippen molar-refractivity contribution in [3.63, 3.8) is 0 Å². The zero-order valence-electron chi connectivity index (χ0n) is 7.50. The van der Waals surface area contributed by atoms with E-state index < -0.39 is 0 Å². The van der Waals surface area contributed by atoms with E-state index in [9.17, 15) is 0 Å². The molecule has 1 unspecified atom stereocenters. The summed E-state index contributed by atoms with van der Waals surface area (Å²) in [6.45, 7) is 8.11. The average Bonchev–Trinajstić information content (AvgIpc) is 2.06. The third kappa shape index (κ3) is 2.93. The first-order valence-corrected chi connectivity index (χ1v) is 4.54. The first-order valence-electron chi connectivity index (χ1n) is 4.54. The Labute approximate surface area is 74.1 Å². The second-order valence-electron chi connectivity index (χ2n) is 3.21. The molecule has 0 aromatic carbocycles. The van der Waals surface area contributed by atoms with Crippen molar-refractivity contribution in [2.75, 3.05) is 32.8 Å². The van der Waals surface area contributed by atoms with Gasteiger partial charge in [-0.3, -0.25) is 4.90 Å². The van der Waals surface area contributed by atoms with Gasteiger partial charge in [0.05, 0.1) is 0 Å². The molecule has 70 valence electrons. The molecule has 3 nitrogen and oxygen atoms in total. The fourth-order valence-electron chi connectivity index (χ4n) is 1.59. The molecule has 0 amide bonds. The molecule has 1 heterocycles. The highest BCUT2D eigenvalue weighted by molar-refractivity contribution is 4.82. The maximum absolute atomic E-state index is 8.76.